The van der Waals surface area contributed by atoms with E-state index in [2.05, 4.69) is 15.3 Å². The largest absolute Gasteiger partial charge is 0.369 e. The predicted octanol–water partition coefficient (Wildman–Crippen LogP) is 5.89. The van der Waals surface area contributed by atoms with E-state index < -0.39 is 5.91 Å². The first-order valence-electron chi connectivity index (χ1n) is 13.7. The van der Waals surface area contributed by atoms with Crippen molar-refractivity contribution in [3.63, 3.8) is 0 Å². The van der Waals surface area contributed by atoms with E-state index in [4.69, 9.17) is 40.4 Å². The van der Waals surface area contributed by atoms with E-state index in [0.717, 1.165) is 41.6 Å². The van der Waals surface area contributed by atoms with Crippen LogP contribution in [-0.2, 0) is 13.1 Å². The predicted molar refractivity (Wildman–Crippen MR) is 195 cm³/mol. The molecular formula is C31H41Cl4N9O2. The SMILES string of the molecule is C.CN(CCCn1c(N)nc2cccc(Cl)c21)C(=O)c1cccc(C(N)=O)c1.CNCCCn1c(N)nc2cccc(Cl)c21.Cl.Cl. The number of hydrogen-bond acceptors (Lipinski definition) is 7. The molecule has 0 saturated carbocycles. The molecule has 2 amide bonds. The zero-order valence-electron chi connectivity index (χ0n) is 24.9. The van der Waals surface area contributed by atoms with Crippen LogP contribution in [0.5, 0.6) is 0 Å². The number of nitrogens with two attached hydrogens (primary N) is 3. The molecule has 0 fully saturated rings. The van der Waals surface area contributed by atoms with Gasteiger partial charge in [-0.25, -0.2) is 9.97 Å². The van der Waals surface area contributed by atoms with Gasteiger partial charge in [0.25, 0.3) is 5.91 Å². The third-order valence-electron chi connectivity index (χ3n) is 6.92. The number of nitrogens with one attached hydrogen (secondary N) is 1. The molecule has 0 aliphatic rings. The van der Waals surface area contributed by atoms with Gasteiger partial charge in [0.2, 0.25) is 17.8 Å². The van der Waals surface area contributed by atoms with Gasteiger partial charge in [-0.2, -0.15) is 0 Å². The number of carbonyl (C=O) groups is 2. The number of aryl methyl sites for hydroxylation is 2. The van der Waals surface area contributed by atoms with E-state index in [1.807, 2.05) is 46.5 Å². The number of para-hydroxylation sites is 2. The first-order chi connectivity index (χ1) is 20.6. The molecule has 0 atom stereocenters. The molecule has 3 aromatic carbocycles. The molecule has 7 N–H and O–H groups in total. The molecule has 0 saturated heterocycles. The van der Waals surface area contributed by atoms with Crippen LogP contribution in [0, 0.1) is 0 Å². The van der Waals surface area contributed by atoms with Crippen LogP contribution < -0.4 is 22.5 Å². The van der Waals surface area contributed by atoms with E-state index in [-0.39, 0.29) is 38.1 Å². The summed E-state index contributed by atoms with van der Waals surface area (Å²) < 4.78 is 3.82. The minimum atomic E-state index is -0.563. The highest BCUT2D eigenvalue weighted by atomic mass is 35.5. The lowest BCUT2D eigenvalue weighted by molar-refractivity contribution is 0.0792. The number of aromatic nitrogens is 4. The van der Waals surface area contributed by atoms with Gasteiger partial charge >= 0.3 is 0 Å². The lowest BCUT2D eigenvalue weighted by atomic mass is 10.1. The highest BCUT2D eigenvalue weighted by Gasteiger charge is 2.15. The molecule has 0 aliphatic carbocycles. The van der Waals surface area contributed by atoms with E-state index in [0.29, 0.717) is 52.6 Å². The summed E-state index contributed by atoms with van der Waals surface area (Å²) in [5.41, 5.74) is 21.2. The number of halogens is 4. The molecule has 0 unspecified atom stereocenters. The number of anilines is 2. The zero-order chi connectivity index (χ0) is 31.1. The third kappa shape index (κ3) is 9.40. The Bertz CT molecular complexity index is 1760. The van der Waals surface area contributed by atoms with Crippen LogP contribution in [0.25, 0.3) is 22.1 Å². The first-order valence-corrected chi connectivity index (χ1v) is 14.5. The van der Waals surface area contributed by atoms with Crippen molar-refractivity contribution in [1.82, 2.24) is 29.3 Å². The number of amides is 2. The van der Waals surface area contributed by atoms with Gasteiger partial charge < -0.3 is 36.6 Å². The molecule has 2 heterocycles. The second-order valence-corrected chi connectivity index (χ2v) is 10.8. The second kappa shape index (κ2) is 18.4. The molecule has 5 rings (SSSR count). The first kappa shape index (κ1) is 40.3. The minimum absolute atomic E-state index is 0. The molecule has 2 aromatic heterocycles. The van der Waals surface area contributed by atoms with Crippen molar-refractivity contribution in [3.05, 3.63) is 81.8 Å². The van der Waals surface area contributed by atoms with Crippen LogP contribution in [0.1, 0.15) is 41.0 Å². The van der Waals surface area contributed by atoms with Gasteiger partial charge in [-0.05, 0) is 68.9 Å². The van der Waals surface area contributed by atoms with E-state index >= 15 is 0 Å². The summed E-state index contributed by atoms with van der Waals surface area (Å²) in [6.07, 6.45) is 1.66. The van der Waals surface area contributed by atoms with Gasteiger partial charge in [-0.3, -0.25) is 9.59 Å². The lowest BCUT2D eigenvalue weighted by Crippen LogP contribution is -2.28. The molecule has 0 radical (unpaired) electrons. The Balaban J connectivity index is 0.000000481. The van der Waals surface area contributed by atoms with E-state index in [9.17, 15) is 9.59 Å². The van der Waals surface area contributed by atoms with Gasteiger partial charge in [-0.15, -0.1) is 24.8 Å². The fraction of sp³-hybridized carbons (Fsp3) is 0.290. The Morgan fingerprint density at radius 2 is 1.30 bits per heavy atom. The molecular weight excluding hydrogens is 672 g/mol. The second-order valence-electron chi connectivity index (χ2n) is 9.94. The van der Waals surface area contributed by atoms with Crippen molar-refractivity contribution in [2.75, 3.05) is 38.7 Å². The van der Waals surface area contributed by atoms with Crippen molar-refractivity contribution in [2.24, 2.45) is 5.73 Å². The Labute approximate surface area is 291 Å². The fourth-order valence-corrected chi connectivity index (χ4v) is 5.32. The maximum absolute atomic E-state index is 12.6. The van der Waals surface area contributed by atoms with Gasteiger partial charge in [0.15, 0.2) is 0 Å². The highest BCUT2D eigenvalue weighted by molar-refractivity contribution is 6.35. The van der Waals surface area contributed by atoms with Gasteiger partial charge in [-0.1, -0.05) is 48.8 Å². The average Bonchev–Trinajstić information content (AvgIpc) is 3.49. The number of nitrogens with zero attached hydrogens (tertiary/aromatic N) is 5. The zero-order valence-corrected chi connectivity index (χ0v) is 28.0. The molecule has 0 aliphatic heterocycles. The summed E-state index contributed by atoms with van der Waals surface area (Å²) in [7, 11) is 3.64. The summed E-state index contributed by atoms with van der Waals surface area (Å²) >= 11 is 12.4. The standard InChI is InChI=1S/C19H20ClN5O2.C11H15ClN4.CH4.2ClH/c1-24(18(27)13-6-2-5-12(11-13)17(21)26)9-4-10-25-16-14(20)7-3-8-15(16)23-19(25)22;1-14-6-3-7-16-10-8(12)4-2-5-9(10)15-11(16)13;;;/h2-3,5-8,11H,4,9-10H2,1H3,(H2,21,26)(H2,22,23);2,4-5,14H,3,6-7H2,1H3,(H2,13,15);1H4;2*1H. The van der Waals surface area contributed by atoms with Crippen molar-refractivity contribution >= 4 is 93.8 Å². The Morgan fingerprint density at radius 3 is 1.80 bits per heavy atom. The molecule has 5 aromatic rings. The van der Waals surface area contributed by atoms with Crippen LogP contribution in [0.2, 0.25) is 10.0 Å². The smallest absolute Gasteiger partial charge is 0.253 e. The number of rotatable bonds is 10. The maximum atomic E-state index is 12.6. The van der Waals surface area contributed by atoms with E-state index in [1.165, 1.54) is 6.07 Å². The average molecular weight is 714 g/mol. The lowest BCUT2D eigenvalue weighted by Gasteiger charge is -2.18. The summed E-state index contributed by atoms with van der Waals surface area (Å²) in [5.74, 6) is 0.173. The molecule has 250 valence electrons. The minimum Gasteiger partial charge on any atom is -0.369 e. The van der Waals surface area contributed by atoms with Crippen LogP contribution in [0.4, 0.5) is 11.9 Å². The van der Waals surface area contributed by atoms with Gasteiger partial charge in [0.05, 0.1) is 32.1 Å². The van der Waals surface area contributed by atoms with Crippen molar-refractivity contribution < 1.29 is 9.59 Å². The molecule has 15 heteroatoms. The maximum Gasteiger partial charge on any atom is 0.253 e. The topological polar surface area (TPSA) is 163 Å². The van der Waals surface area contributed by atoms with Crippen molar-refractivity contribution in [3.8, 4) is 0 Å². The van der Waals surface area contributed by atoms with Crippen LogP contribution in [-0.4, -0.2) is 63.0 Å². The Hall–Kier alpha value is -3.74. The molecule has 11 nitrogen and oxygen atoms in total. The van der Waals surface area contributed by atoms with E-state index in [1.54, 1.807) is 36.2 Å². The summed E-state index contributed by atoms with van der Waals surface area (Å²) in [6.45, 7) is 2.85. The van der Waals surface area contributed by atoms with Crippen LogP contribution >= 0.6 is 48.0 Å². The van der Waals surface area contributed by atoms with Crippen molar-refractivity contribution in [1.29, 1.82) is 0 Å². The van der Waals surface area contributed by atoms with Crippen LogP contribution in [0.15, 0.2) is 60.7 Å². The third-order valence-corrected chi connectivity index (χ3v) is 7.53. The number of hydrogen-bond donors (Lipinski definition) is 4. The summed E-state index contributed by atoms with van der Waals surface area (Å²) in [6, 6.07) is 17.5. The number of fused-ring (bicyclic) bond motifs is 2. The number of nitrogen functional groups attached to an aromatic ring is 2. The Morgan fingerprint density at radius 1 is 0.826 bits per heavy atom. The van der Waals surface area contributed by atoms with Crippen molar-refractivity contribution in [2.45, 2.75) is 33.4 Å². The van der Waals surface area contributed by atoms with Gasteiger partial charge in [0.1, 0.15) is 0 Å². The summed E-state index contributed by atoms with van der Waals surface area (Å²) in [4.78, 5) is 34.0. The molecule has 0 spiro atoms. The highest BCUT2D eigenvalue weighted by Crippen LogP contribution is 2.27. The number of imidazole rings is 2. The molecule has 0 bridgehead atoms. The quantitative estimate of drug-likeness (QED) is 0.131. The Kier molecular flexibility index (Phi) is 16.1. The summed E-state index contributed by atoms with van der Waals surface area (Å²) in [5, 5.41) is 4.39. The fourth-order valence-electron chi connectivity index (χ4n) is 4.78. The number of carbonyl (C=O) groups excluding carboxylic acids is 2. The number of primary amides is 1. The monoisotopic (exact) mass is 711 g/mol. The molecule has 46 heavy (non-hydrogen) atoms. The van der Waals surface area contributed by atoms with Crippen LogP contribution in [0.3, 0.4) is 0 Å². The van der Waals surface area contributed by atoms with Gasteiger partial charge in [0, 0.05) is 37.8 Å². The number of benzene rings is 3. The normalized spacial score (nSPS) is 10.3.